The number of benzene rings is 1. The molecule has 0 unspecified atom stereocenters. The fourth-order valence-corrected chi connectivity index (χ4v) is 1.41. The number of carbonyl (C=O) groups is 1. The molecule has 88 valence electrons. The summed E-state index contributed by atoms with van der Waals surface area (Å²) in [7, 11) is 1.59. The van der Waals surface area contributed by atoms with Crippen LogP contribution in [0.25, 0.3) is 0 Å². The lowest BCUT2D eigenvalue weighted by Gasteiger charge is -2.19. The van der Waals surface area contributed by atoms with Crippen molar-refractivity contribution >= 4 is 6.29 Å². The van der Waals surface area contributed by atoms with Crippen molar-refractivity contribution in [2.45, 2.75) is 26.2 Å². The Labute approximate surface area is 96.4 Å². The number of rotatable bonds is 5. The smallest absolute Gasteiger partial charge is 0.161 e. The summed E-state index contributed by atoms with van der Waals surface area (Å²) < 4.78 is 10.7. The Morgan fingerprint density at radius 2 is 2.00 bits per heavy atom. The van der Waals surface area contributed by atoms with E-state index in [9.17, 15) is 4.79 Å². The predicted molar refractivity (Wildman–Crippen MR) is 63.3 cm³/mol. The van der Waals surface area contributed by atoms with Crippen molar-refractivity contribution in [3.63, 3.8) is 0 Å². The van der Waals surface area contributed by atoms with Gasteiger partial charge in [0.2, 0.25) is 0 Å². The topological polar surface area (TPSA) is 35.5 Å². The standard InChI is InChI=1S/C13H18O3/c1-5-16-11-7-6-10(8-12(11)15-4)13(2,3)9-14/h6-9H,5H2,1-4H3. The van der Waals surface area contributed by atoms with E-state index >= 15 is 0 Å². The summed E-state index contributed by atoms with van der Waals surface area (Å²) in [5, 5.41) is 0. The molecule has 0 radical (unpaired) electrons. The fourth-order valence-electron chi connectivity index (χ4n) is 1.41. The van der Waals surface area contributed by atoms with E-state index in [4.69, 9.17) is 9.47 Å². The third kappa shape index (κ3) is 2.54. The van der Waals surface area contributed by atoms with Gasteiger partial charge < -0.3 is 14.3 Å². The minimum absolute atomic E-state index is 0.502. The number of aldehydes is 1. The van der Waals surface area contributed by atoms with E-state index in [1.807, 2.05) is 39.0 Å². The molecule has 0 aliphatic rings. The number of carbonyl (C=O) groups excluding carboxylic acids is 1. The molecule has 0 saturated heterocycles. The van der Waals surface area contributed by atoms with Gasteiger partial charge in [0.1, 0.15) is 6.29 Å². The second-order valence-corrected chi connectivity index (χ2v) is 4.14. The average Bonchev–Trinajstić information content (AvgIpc) is 2.29. The van der Waals surface area contributed by atoms with Crippen molar-refractivity contribution in [1.29, 1.82) is 0 Å². The minimum Gasteiger partial charge on any atom is -0.493 e. The predicted octanol–water partition coefficient (Wildman–Crippen LogP) is 2.57. The first kappa shape index (κ1) is 12.6. The van der Waals surface area contributed by atoms with Crippen LogP contribution in [0.15, 0.2) is 18.2 Å². The van der Waals surface area contributed by atoms with Crippen molar-refractivity contribution < 1.29 is 14.3 Å². The summed E-state index contributed by atoms with van der Waals surface area (Å²) in [5.41, 5.74) is 0.417. The van der Waals surface area contributed by atoms with Crippen LogP contribution >= 0.6 is 0 Å². The lowest BCUT2D eigenvalue weighted by Crippen LogP contribution is -2.18. The van der Waals surface area contributed by atoms with E-state index in [1.165, 1.54) is 0 Å². The van der Waals surface area contributed by atoms with Crippen LogP contribution in [0, 0.1) is 0 Å². The van der Waals surface area contributed by atoms with Gasteiger partial charge in [-0.1, -0.05) is 6.07 Å². The van der Waals surface area contributed by atoms with Crippen LogP contribution in [-0.2, 0) is 10.2 Å². The van der Waals surface area contributed by atoms with Crippen LogP contribution in [0.5, 0.6) is 11.5 Å². The summed E-state index contributed by atoms with van der Waals surface area (Å²) in [6, 6.07) is 5.57. The lowest BCUT2D eigenvalue weighted by molar-refractivity contribution is -0.111. The SMILES string of the molecule is CCOc1ccc(C(C)(C)C=O)cc1OC. The summed E-state index contributed by atoms with van der Waals surface area (Å²) in [5.74, 6) is 1.37. The van der Waals surface area contributed by atoms with Gasteiger partial charge in [0.05, 0.1) is 13.7 Å². The van der Waals surface area contributed by atoms with Gasteiger partial charge in [-0.3, -0.25) is 0 Å². The van der Waals surface area contributed by atoms with Gasteiger partial charge in [-0.25, -0.2) is 0 Å². The van der Waals surface area contributed by atoms with E-state index in [0.29, 0.717) is 18.1 Å². The Bertz CT molecular complexity index is 369. The maximum atomic E-state index is 11.0. The molecule has 1 aromatic carbocycles. The Morgan fingerprint density at radius 3 is 2.50 bits per heavy atom. The monoisotopic (exact) mass is 222 g/mol. The van der Waals surface area contributed by atoms with Crippen molar-refractivity contribution in [3.05, 3.63) is 23.8 Å². The van der Waals surface area contributed by atoms with Crippen LogP contribution < -0.4 is 9.47 Å². The van der Waals surface area contributed by atoms with E-state index < -0.39 is 5.41 Å². The van der Waals surface area contributed by atoms with Crippen molar-refractivity contribution in [2.24, 2.45) is 0 Å². The third-order valence-electron chi connectivity index (χ3n) is 2.50. The molecule has 0 N–H and O–H groups in total. The highest BCUT2D eigenvalue weighted by atomic mass is 16.5. The molecule has 3 nitrogen and oxygen atoms in total. The molecule has 0 aromatic heterocycles. The Kier molecular flexibility index (Phi) is 3.93. The molecular formula is C13H18O3. The first-order chi connectivity index (χ1) is 7.55. The van der Waals surface area contributed by atoms with Crippen LogP contribution in [0.1, 0.15) is 26.3 Å². The first-order valence-corrected chi connectivity index (χ1v) is 5.32. The Morgan fingerprint density at radius 1 is 1.31 bits per heavy atom. The molecule has 0 bridgehead atoms. The quantitative estimate of drug-likeness (QED) is 0.718. The number of ether oxygens (including phenoxy) is 2. The van der Waals surface area contributed by atoms with Gasteiger partial charge in [-0.05, 0) is 38.5 Å². The fraction of sp³-hybridized carbons (Fsp3) is 0.462. The van der Waals surface area contributed by atoms with E-state index in [-0.39, 0.29) is 0 Å². The number of methoxy groups -OCH3 is 1. The zero-order valence-corrected chi connectivity index (χ0v) is 10.2. The largest absolute Gasteiger partial charge is 0.493 e. The van der Waals surface area contributed by atoms with Crippen LogP contribution in [0.2, 0.25) is 0 Å². The Hall–Kier alpha value is -1.51. The summed E-state index contributed by atoms with van der Waals surface area (Å²) in [6.07, 6.45) is 0.933. The molecule has 0 fully saturated rings. The highest BCUT2D eigenvalue weighted by Crippen LogP contribution is 2.32. The summed E-state index contributed by atoms with van der Waals surface area (Å²) >= 11 is 0. The number of hydrogen-bond donors (Lipinski definition) is 0. The molecule has 0 aliphatic carbocycles. The minimum atomic E-state index is -0.502. The molecule has 0 spiro atoms. The summed E-state index contributed by atoms with van der Waals surface area (Å²) in [6.45, 7) is 6.25. The second-order valence-electron chi connectivity index (χ2n) is 4.14. The zero-order valence-electron chi connectivity index (χ0n) is 10.2. The van der Waals surface area contributed by atoms with E-state index in [0.717, 1.165) is 11.8 Å². The number of hydrogen-bond acceptors (Lipinski definition) is 3. The van der Waals surface area contributed by atoms with Crippen molar-refractivity contribution in [1.82, 2.24) is 0 Å². The molecule has 1 aromatic rings. The molecule has 0 aliphatic heterocycles. The maximum absolute atomic E-state index is 11.0. The molecule has 3 heteroatoms. The molecule has 0 amide bonds. The molecule has 0 saturated carbocycles. The van der Waals surface area contributed by atoms with Gasteiger partial charge in [-0.15, -0.1) is 0 Å². The van der Waals surface area contributed by atoms with Gasteiger partial charge >= 0.3 is 0 Å². The van der Waals surface area contributed by atoms with Gasteiger partial charge in [0, 0.05) is 5.41 Å². The van der Waals surface area contributed by atoms with Crippen molar-refractivity contribution in [2.75, 3.05) is 13.7 Å². The lowest BCUT2D eigenvalue weighted by atomic mass is 9.86. The molecule has 0 heterocycles. The second kappa shape index (κ2) is 5.01. The Balaban J connectivity index is 3.13. The third-order valence-corrected chi connectivity index (χ3v) is 2.50. The molecular weight excluding hydrogens is 204 g/mol. The molecule has 0 atom stereocenters. The van der Waals surface area contributed by atoms with Crippen LogP contribution in [0.3, 0.4) is 0 Å². The molecule has 1 rings (SSSR count). The highest BCUT2D eigenvalue weighted by molar-refractivity contribution is 5.68. The van der Waals surface area contributed by atoms with Gasteiger partial charge in [0.25, 0.3) is 0 Å². The van der Waals surface area contributed by atoms with Crippen LogP contribution in [-0.4, -0.2) is 20.0 Å². The first-order valence-electron chi connectivity index (χ1n) is 5.32. The highest BCUT2D eigenvalue weighted by Gasteiger charge is 2.21. The van der Waals surface area contributed by atoms with Gasteiger partial charge in [-0.2, -0.15) is 0 Å². The zero-order chi connectivity index (χ0) is 12.2. The van der Waals surface area contributed by atoms with E-state index in [2.05, 4.69) is 0 Å². The summed E-state index contributed by atoms with van der Waals surface area (Å²) in [4.78, 5) is 11.0. The van der Waals surface area contributed by atoms with Crippen molar-refractivity contribution in [3.8, 4) is 11.5 Å². The maximum Gasteiger partial charge on any atom is 0.161 e. The molecule has 16 heavy (non-hydrogen) atoms. The average molecular weight is 222 g/mol. The van der Waals surface area contributed by atoms with Crippen LogP contribution in [0.4, 0.5) is 0 Å². The van der Waals surface area contributed by atoms with Gasteiger partial charge in [0.15, 0.2) is 11.5 Å². The normalized spacial score (nSPS) is 11.0. The van der Waals surface area contributed by atoms with E-state index in [1.54, 1.807) is 7.11 Å².